The summed E-state index contributed by atoms with van der Waals surface area (Å²) in [6, 6.07) is 23.8. The van der Waals surface area contributed by atoms with E-state index in [1.807, 2.05) is 66.0 Å². The summed E-state index contributed by atoms with van der Waals surface area (Å²) < 4.78 is 23.4. The van der Waals surface area contributed by atoms with Crippen LogP contribution in [0.4, 0.5) is 0 Å². The van der Waals surface area contributed by atoms with E-state index in [1.54, 1.807) is 53.3 Å². The van der Waals surface area contributed by atoms with Crippen LogP contribution in [0.1, 0.15) is 39.1 Å². The number of nitrogens with one attached hydrogen (secondary N) is 1. The summed E-state index contributed by atoms with van der Waals surface area (Å²) in [5, 5.41) is 20.6. The van der Waals surface area contributed by atoms with Gasteiger partial charge in [0.1, 0.15) is 23.0 Å². The molecule has 3 heterocycles. The first-order valence-electron chi connectivity index (χ1n) is 15.2. The maximum absolute atomic E-state index is 13.9. The second kappa shape index (κ2) is 15.3. The van der Waals surface area contributed by atoms with Gasteiger partial charge in [0.05, 0.1) is 63.1 Å². The minimum Gasteiger partial charge on any atom is -0.497 e. The van der Waals surface area contributed by atoms with Crippen molar-refractivity contribution in [3.63, 3.8) is 0 Å². The third-order valence-electron chi connectivity index (χ3n) is 7.84. The number of para-hydroxylation sites is 2. The molecule has 0 radical (unpaired) electrons. The molecule has 49 heavy (non-hydrogen) atoms. The number of benzene rings is 3. The van der Waals surface area contributed by atoms with Gasteiger partial charge in [-0.2, -0.15) is 5.10 Å². The van der Waals surface area contributed by atoms with Crippen LogP contribution < -0.4 is 24.3 Å². The van der Waals surface area contributed by atoms with Crippen LogP contribution in [0.3, 0.4) is 0 Å². The highest BCUT2D eigenvalue weighted by Gasteiger charge is 2.34. The van der Waals surface area contributed by atoms with E-state index in [4.69, 9.17) is 24.0 Å². The van der Waals surface area contributed by atoms with Crippen LogP contribution in [0, 0.1) is 0 Å². The fourth-order valence-electron chi connectivity index (χ4n) is 5.37. The van der Waals surface area contributed by atoms with Gasteiger partial charge in [-0.3, -0.25) is 14.2 Å². The van der Waals surface area contributed by atoms with E-state index >= 15 is 0 Å². The van der Waals surface area contributed by atoms with Crippen molar-refractivity contribution >= 4 is 40.6 Å². The minimum atomic E-state index is -0.353. The van der Waals surface area contributed by atoms with Crippen molar-refractivity contribution in [2.75, 3.05) is 34.2 Å². The SMILES string of the molecule is COc1ccc([C@H]2CC(c3cccs3)=NN2C(=O)CSc2nnc(CNC(=O)c3cc(OC)cc(OC)c3)n2-c2ccccc2OC)cc1. The number of thiophene rings is 1. The fraction of sp³-hybridized carbons (Fsp3) is 0.229. The number of aromatic nitrogens is 3. The second-order valence-corrected chi connectivity index (χ2v) is 12.6. The van der Waals surface area contributed by atoms with Gasteiger partial charge in [-0.15, -0.1) is 21.5 Å². The first-order valence-corrected chi connectivity index (χ1v) is 17.1. The van der Waals surface area contributed by atoms with E-state index in [9.17, 15) is 9.59 Å². The van der Waals surface area contributed by atoms with Gasteiger partial charge in [0.2, 0.25) is 0 Å². The highest BCUT2D eigenvalue weighted by Crippen LogP contribution is 2.36. The lowest BCUT2D eigenvalue weighted by molar-refractivity contribution is -0.130. The molecule has 5 aromatic rings. The van der Waals surface area contributed by atoms with Crippen LogP contribution in [-0.2, 0) is 11.3 Å². The molecule has 0 aliphatic carbocycles. The van der Waals surface area contributed by atoms with Gasteiger partial charge in [0.25, 0.3) is 11.8 Å². The van der Waals surface area contributed by atoms with Gasteiger partial charge in [0, 0.05) is 18.1 Å². The molecule has 0 unspecified atom stereocenters. The molecule has 0 bridgehead atoms. The number of amides is 2. The molecular weight excluding hydrogens is 665 g/mol. The molecule has 252 valence electrons. The molecule has 12 nitrogen and oxygen atoms in total. The maximum Gasteiger partial charge on any atom is 0.253 e. The number of hydrazone groups is 1. The standard InChI is InChI=1S/C35H34N6O6S2/c1-44-24-13-11-22(12-14-24)29-19-27(31-10-7-15-48-31)39-41(29)33(42)21-49-35-38-37-32(40(35)28-8-5-6-9-30(28)47-4)20-36-34(43)23-16-25(45-2)18-26(17-23)46-3/h5-18,29H,19-21H2,1-4H3,(H,36,43)/t29-/m1/s1. The average Bonchev–Trinajstić information content (AvgIpc) is 3.93. The molecule has 1 N–H and O–H groups in total. The first-order chi connectivity index (χ1) is 23.9. The Morgan fingerprint density at radius 1 is 0.878 bits per heavy atom. The van der Waals surface area contributed by atoms with Crippen molar-refractivity contribution < 1.29 is 28.5 Å². The predicted molar refractivity (Wildman–Crippen MR) is 187 cm³/mol. The Bertz CT molecular complexity index is 1940. The summed E-state index contributed by atoms with van der Waals surface area (Å²) in [6.07, 6.45) is 0.587. The Hall–Kier alpha value is -5.34. The fourth-order valence-corrected chi connectivity index (χ4v) is 6.91. The Labute approximate surface area is 291 Å². The molecule has 6 rings (SSSR count). The van der Waals surface area contributed by atoms with Crippen LogP contribution >= 0.6 is 23.1 Å². The Kier molecular flexibility index (Phi) is 10.4. The molecule has 2 amide bonds. The van der Waals surface area contributed by atoms with Crippen LogP contribution in [0.15, 0.2) is 94.5 Å². The van der Waals surface area contributed by atoms with Crippen molar-refractivity contribution in [1.82, 2.24) is 25.1 Å². The monoisotopic (exact) mass is 698 g/mol. The van der Waals surface area contributed by atoms with E-state index in [0.29, 0.717) is 45.9 Å². The minimum absolute atomic E-state index is 0.0388. The first kappa shape index (κ1) is 33.6. The summed E-state index contributed by atoms with van der Waals surface area (Å²) in [6.45, 7) is 0.0397. The highest BCUT2D eigenvalue weighted by molar-refractivity contribution is 7.99. The molecule has 14 heteroatoms. The third-order valence-corrected chi connectivity index (χ3v) is 9.68. The maximum atomic E-state index is 13.9. The number of hydrogen-bond donors (Lipinski definition) is 1. The molecular formula is C35H34N6O6S2. The lowest BCUT2D eigenvalue weighted by atomic mass is 10.0. The van der Waals surface area contributed by atoms with E-state index in [1.165, 1.54) is 26.0 Å². The Balaban J connectivity index is 1.25. The van der Waals surface area contributed by atoms with Gasteiger partial charge in [0.15, 0.2) is 11.0 Å². The van der Waals surface area contributed by atoms with Crippen molar-refractivity contribution in [1.29, 1.82) is 0 Å². The highest BCUT2D eigenvalue weighted by atomic mass is 32.2. The van der Waals surface area contributed by atoms with Crippen molar-refractivity contribution in [2.45, 2.75) is 24.2 Å². The molecule has 3 aromatic carbocycles. The quantitative estimate of drug-likeness (QED) is 0.153. The molecule has 1 aliphatic rings. The zero-order chi connectivity index (χ0) is 34.3. The molecule has 0 fully saturated rings. The molecule has 0 saturated heterocycles. The zero-order valence-corrected chi connectivity index (χ0v) is 28.9. The lowest BCUT2D eigenvalue weighted by Gasteiger charge is -2.22. The number of hydrogen-bond acceptors (Lipinski definition) is 11. The number of carbonyl (C=O) groups excluding carboxylic acids is 2. The molecule has 0 spiro atoms. The van der Waals surface area contributed by atoms with Crippen molar-refractivity contribution in [3.05, 3.63) is 106 Å². The lowest BCUT2D eigenvalue weighted by Crippen LogP contribution is -2.28. The Morgan fingerprint density at radius 2 is 1.61 bits per heavy atom. The van der Waals surface area contributed by atoms with Crippen LogP contribution in [-0.4, -0.2) is 71.5 Å². The Morgan fingerprint density at radius 3 is 2.29 bits per heavy atom. The molecule has 1 aliphatic heterocycles. The molecule has 2 aromatic heterocycles. The number of ether oxygens (including phenoxy) is 4. The normalized spacial score (nSPS) is 13.9. The summed E-state index contributed by atoms with van der Waals surface area (Å²) in [4.78, 5) is 28.1. The van der Waals surface area contributed by atoms with E-state index in [-0.39, 0.29) is 30.2 Å². The predicted octanol–water partition coefficient (Wildman–Crippen LogP) is 5.76. The van der Waals surface area contributed by atoms with Gasteiger partial charge in [-0.1, -0.05) is 42.1 Å². The van der Waals surface area contributed by atoms with Gasteiger partial charge < -0.3 is 24.3 Å². The number of thioether (sulfide) groups is 1. The van der Waals surface area contributed by atoms with Crippen LogP contribution in [0.2, 0.25) is 0 Å². The van der Waals surface area contributed by atoms with Crippen LogP contribution in [0.25, 0.3) is 5.69 Å². The van der Waals surface area contributed by atoms with Gasteiger partial charge in [-0.25, -0.2) is 5.01 Å². The average molecular weight is 699 g/mol. The summed E-state index contributed by atoms with van der Waals surface area (Å²) in [5.41, 5.74) is 2.84. The number of carbonyl (C=O) groups is 2. The van der Waals surface area contributed by atoms with E-state index in [2.05, 4.69) is 15.5 Å². The van der Waals surface area contributed by atoms with Crippen LogP contribution in [0.5, 0.6) is 23.0 Å². The molecule has 1 atom stereocenters. The van der Waals surface area contributed by atoms with E-state index in [0.717, 1.165) is 21.9 Å². The van der Waals surface area contributed by atoms with E-state index < -0.39 is 0 Å². The zero-order valence-electron chi connectivity index (χ0n) is 27.3. The summed E-state index contributed by atoms with van der Waals surface area (Å²) >= 11 is 2.82. The van der Waals surface area contributed by atoms with Gasteiger partial charge >= 0.3 is 0 Å². The van der Waals surface area contributed by atoms with Crippen molar-refractivity contribution in [2.24, 2.45) is 5.10 Å². The summed E-state index contributed by atoms with van der Waals surface area (Å²) in [5.74, 6) is 2.23. The number of methoxy groups -OCH3 is 4. The van der Waals surface area contributed by atoms with Crippen molar-refractivity contribution in [3.8, 4) is 28.7 Å². The number of rotatable bonds is 13. The number of nitrogens with zero attached hydrogens (tertiary/aromatic N) is 5. The largest absolute Gasteiger partial charge is 0.497 e. The topological polar surface area (TPSA) is 129 Å². The second-order valence-electron chi connectivity index (χ2n) is 10.7. The van der Waals surface area contributed by atoms with Gasteiger partial charge in [-0.05, 0) is 53.4 Å². The third kappa shape index (κ3) is 7.39. The molecule has 0 saturated carbocycles. The smallest absolute Gasteiger partial charge is 0.253 e. The summed E-state index contributed by atoms with van der Waals surface area (Å²) in [7, 11) is 6.24.